The normalized spacial score (nSPS) is 11.8. The zero-order chi connectivity index (χ0) is 48.9. The summed E-state index contributed by atoms with van der Waals surface area (Å²) in [6, 6.07) is 88.5. The lowest BCUT2D eigenvalue weighted by atomic mass is 9.86. The summed E-state index contributed by atoms with van der Waals surface area (Å²) in [6.45, 7) is 11.3. The van der Waals surface area contributed by atoms with Crippen molar-refractivity contribution >= 4 is 77.6 Å². The topological polar surface area (TPSA) is 19.6 Å². The van der Waals surface area contributed by atoms with Crippen LogP contribution in [-0.4, -0.2) is 0 Å². The quantitative estimate of drug-likeness (QED) is 0.136. The minimum atomic E-state index is 0.0778. The van der Waals surface area contributed by atoms with Crippen molar-refractivity contribution in [2.24, 2.45) is 0 Å². The second kappa shape index (κ2) is 18.3. The fourth-order valence-corrected chi connectivity index (χ4v) is 10.5. The van der Waals surface area contributed by atoms with Crippen molar-refractivity contribution in [2.75, 3.05) is 9.80 Å². The van der Waals surface area contributed by atoms with E-state index in [1.165, 1.54) is 38.9 Å². The van der Waals surface area contributed by atoms with E-state index in [4.69, 9.17) is 4.42 Å². The zero-order valence-electron chi connectivity index (χ0n) is 41.5. The van der Waals surface area contributed by atoms with E-state index in [0.717, 1.165) is 83.2 Å². The number of nitrogens with zero attached hydrogens (tertiary/aromatic N) is 2. The molecule has 348 valence electrons. The van der Waals surface area contributed by atoms with Gasteiger partial charge >= 0.3 is 0 Å². The average Bonchev–Trinajstić information content (AvgIpc) is 3.76. The van der Waals surface area contributed by atoms with E-state index in [-0.39, 0.29) is 5.41 Å². The van der Waals surface area contributed by atoms with E-state index in [1.54, 1.807) is 0 Å². The molecule has 1 aromatic heterocycles. The van der Waals surface area contributed by atoms with E-state index in [9.17, 15) is 0 Å². The van der Waals surface area contributed by atoms with E-state index in [1.807, 2.05) is 0 Å². The first-order valence-corrected chi connectivity index (χ1v) is 25.2. The number of hydrogen-bond donors (Lipinski definition) is 0. The van der Waals surface area contributed by atoms with Gasteiger partial charge in [0.05, 0.1) is 17.1 Å². The minimum Gasteiger partial charge on any atom is -0.456 e. The van der Waals surface area contributed by atoms with Crippen LogP contribution in [-0.2, 0) is 5.41 Å². The third-order valence-corrected chi connectivity index (χ3v) is 14.4. The van der Waals surface area contributed by atoms with Crippen LogP contribution in [0.4, 0.5) is 34.1 Å². The highest BCUT2D eigenvalue weighted by Gasteiger charge is 2.23. The van der Waals surface area contributed by atoms with Gasteiger partial charge in [0.25, 0.3) is 0 Å². The Morgan fingerprint density at radius 3 is 1.25 bits per heavy atom. The van der Waals surface area contributed by atoms with Crippen LogP contribution in [0, 0.1) is 0 Å². The predicted octanol–water partition coefficient (Wildman–Crippen LogP) is 20.3. The first-order valence-electron chi connectivity index (χ1n) is 25.2. The summed E-state index contributed by atoms with van der Waals surface area (Å²) in [5.74, 6) is 0.458. The maximum Gasteiger partial charge on any atom is 0.136 e. The third kappa shape index (κ3) is 8.27. The predicted molar refractivity (Wildman–Crippen MR) is 307 cm³/mol. The Balaban J connectivity index is 0.970. The summed E-state index contributed by atoms with van der Waals surface area (Å²) in [5.41, 5.74) is 18.1. The monoisotopic (exact) mass is 928 g/mol. The van der Waals surface area contributed by atoms with Gasteiger partial charge in [-0.05, 0) is 140 Å². The highest BCUT2D eigenvalue weighted by molar-refractivity contribution is 6.14. The summed E-state index contributed by atoms with van der Waals surface area (Å²) < 4.78 is 6.87. The number of furan rings is 1. The molecule has 3 nitrogen and oxygen atoms in total. The number of benzene rings is 11. The maximum atomic E-state index is 6.87. The van der Waals surface area contributed by atoms with Crippen LogP contribution in [0.25, 0.3) is 76.9 Å². The molecule has 0 radical (unpaired) electrons. The lowest BCUT2D eigenvalue weighted by molar-refractivity contribution is 0.590. The van der Waals surface area contributed by atoms with Crippen LogP contribution in [0.1, 0.15) is 51.7 Å². The summed E-state index contributed by atoms with van der Waals surface area (Å²) in [6.07, 6.45) is 0. The number of fused-ring (bicyclic) bond motifs is 5. The standard InChI is InChI=1S/C69H56N2O/c1-46(2)47-28-30-49(31-29-47)61-24-14-17-27-66(61)71(65-26-16-13-22-59(65)48-18-8-6-9-19-48)58-39-35-52-43-63-62-42-51-34-38-57(40-53(51)44-67(62)72-68(63)45-54(52)41-58)70(56-20-10-7-11-21-56)64-25-15-12-23-60(64)50-32-36-55(37-33-50)69(3,4)5/h6-46H,1-5H3. The van der Waals surface area contributed by atoms with Crippen LogP contribution in [0.5, 0.6) is 0 Å². The first-order chi connectivity index (χ1) is 35.1. The first kappa shape index (κ1) is 44.5. The Morgan fingerprint density at radius 2 is 0.764 bits per heavy atom. The van der Waals surface area contributed by atoms with Gasteiger partial charge in [-0.1, -0.05) is 198 Å². The molecule has 0 amide bonds. The molecule has 0 aliphatic carbocycles. The molecule has 12 rings (SSSR count). The number of rotatable bonds is 10. The fraction of sp³-hybridized carbons (Fsp3) is 0.101. The largest absolute Gasteiger partial charge is 0.456 e. The number of anilines is 6. The molecular formula is C69H56N2O. The maximum absolute atomic E-state index is 6.87. The summed E-state index contributed by atoms with van der Waals surface area (Å²) in [4.78, 5) is 4.81. The molecule has 0 atom stereocenters. The smallest absolute Gasteiger partial charge is 0.136 e. The number of hydrogen-bond acceptors (Lipinski definition) is 3. The van der Waals surface area contributed by atoms with Gasteiger partial charge in [0.15, 0.2) is 0 Å². The Bertz CT molecular complexity index is 3920. The Hall–Kier alpha value is -8.66. The van der Waals surface area contributed by atoms with Gasteiger partial charge < -0.3 is 14.2 Å². The molecule has 0 aliphatic rings. The van der Waals surface area contributed by atoms with Gasteiger partial charge in [-0.2, -0.15) is 0 Å². The molecule has 0 unspecified atom stereocenters. The molecule has 0 spiro atoms. The van der Waals surface area contributed by atoms with Gasteiger partial charge in [0.1, 0.15) is 11.2 Å². The van der Waals surface area contributed by atoms with Crippen molar-refractivity contribution in [3.05, 3.63) is 254 Å². The lowest BCUT2D eigenvalue weighted by Crippen LogP contribution is -2.12. The molecule has 72 heavy (non-hydrogen) atoms. The van der Waals surface area contributed by atoms with Crippen molar-refractivity contribution in [3.63, 3.8) is 0 Å². The van der Waals surface area contributed by atoms with Crippen molar-refractivity contribution in [2.45, 2.75) is 46.0 Å². The molecular weight excluding hydrogens is 873 g/mol. The molecule has 1 heterocycles. The second-order valence-corrected chi connectivity index (χ2v) is 20.4. The van der Waals surface area contributed by atoms with Crippen molar-refractivity contribution < 1.29 is 4.42 Å². The van der Waals surface area contributed by atoms with Crippen LogP contribution in [0.15, 0.2) is 247 Å². The Kier molecular flexibility index (Phi) is 11.3. The molecule has 0 saturated carbocycles. The SMILES string of the molecule is CC(C)c1ccc(-c2ccccc2N(c2ccc3cc4c(cc3c2)oc2cc3cc(N(c5ccccc5)c5ccccc5-c5ccc(C(C)(C)C)cc5)ccc3cc24)c2ccccc2-c2ccccc2)cc1. The zero-order valence-corrected chi connectivity index (χ0v) is 41.5. The van der Waals surface area contributed by atoms with Crippen LogP contribution >= 0.6 is 0 Å². The second-order valence-electron chi connectivity index (χ2n) is 20.4. The van der Waals surface area contributed by atoms with Gasteiger partial charge in [-0.15, -0.1) is 0 Å². The van der Waals surface area contributed by atoms with E-state index in [0.29, 0.717) is 5.92 Å². The van der Waals surface area contributed by atoms with Crippen LogP contribution in [0.2, 0.25) is 0 Å². The lowest BCUT2D eigenvalue weighted by Gasteiger charge is -2.30. The summed E-state index contributed by atoms with van der Waals surface area (Å²) >= 11 is 0. The van der Waals surface area contributed by atoms with Gasteiger partial charge in [0, 0.05) is 44.5 Å². The van der Waals surface area contributed by atoms with E-state index < -0.39 is 0 Å². The van der Waals surface area contributed by atoms with Crippen molar-refractivity contribution in [1.82, 2.24) is 0 Å². The van der Waals surface area contributed by atoms with E-state index in [2.05, 4.69) is 287 Å². The summed E-state index contributed by atoms with van der Waals surface area (Å²) in [5, 5.41) is 6.75. The van der Waals surface area contributed by atoms with Gasteiger partial charge in [-0.3, -0.25) is 0 Å². The molecule has 0 aliphatic heterocycles. The van der Waals surface area contributed by atoms with Crippen LogP contribution in [0.3, 0.4) is 0 Å². The highest BCUT2D eigenvalue weighted by Crippen LogP contribution is 2.47. The van der Waals surface area contributed by atoms with Crippen molar-refractivity contribution in [1.29, 1.82) is 0 Å². The molecule has 11 aromatic carbocycles. The minimum absolute atomic E-state index is 0.0778. The summed E-state index contributed by atoms with van der Waals surface area (Å²) in [7, 11) is 0. The Labute approximate surface area is 422 Å². The molecule has 0 N–H and O–H groups in total. The molecule has 12 aromatic rings. The highest BCUT2D eigenvalue weighted by atomic mass is 16.3. The molecule has 0 fully saturated rings. The van der Waals surface area contributed by atoms with Gasteiger partial charge in [-0.25, -0.2) is 0 Å². The number of para-hydroxylation sites is 4. The van der Waals surface area contributed by atoms with Gasteiger partial charge in [0.2, 0.25) is 0 Å². The van der Waals surface area contributed by atoms with Crippen molar-refractivity contribution in [3.8, 4) is 33.4 Å². The van der Waals surface area contributed by atoms with Crippen LogP contribution < -0.4 is 9.80 Å². The molecule has 3 heteroatoms. The molecule has 0 bridgehead atoms. The third-order valence-electron chi connectivity index (χ3n) is 14.4. The average molecular weight is 929 g/mol. The van der Waals surface area contributed by atoms with E-state index >= 15 is 0 Å². The molecule has 0 saturated heterocycles. The Morgan fingerprint density at radius 1 is 0.347 bits per heavy atom. The fourth-order valence-electron chi connectivity index (χ4n) is 10.5.